The zero-order valence-electron chi connectivity index (χ0n) is 12.6. The van der Waals surface area contributed by atoms with Crippen LogP contribution in [0.4, 0.5) is 4.79 Å². The zero-order valence-corrected chi connectivity index (χ0v) is 13.4. The predicted molar refractivity (Wildman–Crippen MR) is 86.2 cm³/mol. The molecule has 4 heterocycles. The molecule has 9 heteroatoms. The van der Waals surface area contributed by atoms with Gasteiger partial charge in [-0.1, -0.05) is 11.2 Å². The maximum absolute atomic E-state index is 12.1. The van der Waals surface area contributed by atoms with Gasteiger partial charge >= 0.3 is 6.03 Å². The van der Waals surface area contributed by atoms with Crippen molar-refractivity contribution in [3.05, 3.63) is 46.9 Å². The van der Waals surface area contributed by atoms with E-state index in [4.69, 9.17) is 4.52 Å². The molecule has 0 bridgehead atoms. The molecule has 0 radical (unpaired) electrons. The number of hydrogen-bond donors (Lipinski definition) is 1. The van der Waals surface area contributed by atoms with Crippen molar-refractivity contribution in [1.82, 2.24) is 30.3 Å². The van der Waals surface area contributed by atoms with E-state index in [-0.39, 0.29) is 11.9 Å². The first-order valence-corrected chi connectivity index (χ1v) is 8.33. The highest BCUT2D eigenvalue weighted by molar-refractivity contribution is 7.09. The summed E-state index contributed by atoms with van der Waals surface area (Å²) in [5, 5.41) is 8.82. The Kier molecular flexibility index (Phi) is 3.91. The van der Waals surface area contributed by atoms with Crippen LogP contribution >= 0.6 is 11.3 Å². The van der Waals surface area contributed by atoms with Gasteiger partial charge in [0.2, 0.25) is 11.7 Å². The van der Waals surface area contributed by atoms with Crippen molar-refractivity contribution in [2.75, 3.05) is 13.1 Å². The molecule has 8 nitrogen and oxygen atoms in total. The summed E-state index contributed by atoms with van der Waals surface area (Å²) in [6.07, 6.45) is 4.75. The highest BCUT2D eigenvalue weighted by Gasteiger charge is 2.35. The molecule has 0 aliphatic carbocycles. The molecule has 1 N–H and O–H groups in total. The molecular weight excluding hydrogens is 328 g/mol. The summed E-state index contributed by atoms with van der Waals surface area (Å²) in [4.78, 5) is 27.4. The van der Waals surface area contributed by atoms with E-state index < -0.39 is 0 Å². The zero-order chi connectivity index (χ0) is 16.4. The molecule has 1 fully saturated rings. The number of carbonyl (C=O) groups excluding carboxylic acids is 1. The topological polar surface area (TPSA) is 97.0 Å². The summed E-state index contributed by atoms with van der Waals surface area (Å²) < 4.78 is 5.28. The number of likely N-dealkylation sites (tertiary alicyclic amines) is 1. The number of nitrogens with one attached hydrogen (secondary N) is 1. The van der Waals surface area contributed by atoms with Crippen LogP contribution in [0.1, 0.15) is 16.7 Å². The first-order valence-electron chi connectivity index (χ1n) is 7.45. The van der Waals surface area contributed by atoms with Gasteiger partial charge in [-0.15, -0.1) is 11.3 Å². The lowest BCUT2D eigenvalue weighted by Gasteiger charge is -2.36. The first-order chi connectivity index (χ1) is 11.8. The summed E-state index contributed by atoms with van der Waals surface area (Å²) in [6, 6.07) is 3.89. The number of urea groups is 1. The van der Waals surface area contributed by atoms with Gasteiger partial charge in [0.25, 0.3) is 0 Å². The SMILES string of the molecule is O=C(NCc1cccs1)N1CC(c2nc(-c3cnccn3)no2)C1. The Balaban J connectivity index is 1.31. The van der Waals surface area contributed by atoms with Gasteiger partial charge in [-0.2, -0.15) is 4.98 Å². The van der Waals surface area contributed by atoms with Crippen molar-refractivity contribution in [2.45, 2.75) is 12.5 Å². The fourth-order valence-corrected chi connectivity index (χ4v) is 3.05. The second-order valence-corrected chi connectivity index (χ2v) is 6.42. The van der Waals surface area contributed by atoms with Crippen LogP contribution in [0.5, 0.6) is 0 Å². The normalized spacial score (nSPS) is 14.4. The molecule has 3 aromatic heterocycles. The van der Waals surface area contributed by atoms with Gasteiger partial charge in [0.1, 0.15) is 5.69 Å². The molecule has 1 aliphatic heterocycles. The van der Waals surface area contributed by atoms with E-state index in [1.54, 1.807) is 34.8 Å². The third-order valence-corrected chi connectivity index (χ3v) is 4.62. The Bertz CT molecular complexity index is 814. The van der Waals surface area contributed by atoms with Crippen molar-refractivity contribution >= 4 is 17.4 Å². The number of aromatic nitrogens is 4. The fourth-order valence-electron chi connectivity index (χ4n) is 2.41. The van der Waals surface area contributed by atoms with Gasteiger partial charge < -0.3 is 14.7 Å². The van der Waals surface area contributed by atoms with Crippen molar-refractivity contribution in [3.8, 4) is 11.5 Å². The molecule has 0 saturated carbocycles. The molecule has 1 saturated heterocycles. The van der Waals surface area contributed by atoms with Crippen LogP contribution in [0.15, 0.2) is 40.6 Å². The monoisotopic (exact) mass is 342 g/mol. The van der Waals surface area contributed by atoms with Crippen molar-refractivity contribution < 1.29 is 9.32 Å². The van der Waals surface area contributed by atoms with Crippen LogP contribution in [0, 0.1) is 0 Å². The maximum atomic E-state index is 12.1. The average molecular weight is 342 g/mol. The largest absolute Gasteiger partial charge is 0.338 e. The van der Waals surface area contributed by atoms with Gasteiger partial charge in [0.05, 0.1) is 18.7 Å². The highest BCUT2D eigenvalue weighted by Crippen LogP contribution is 2.27. The third-order valence-electron chi connectivity index (χ3n) is 3.75. The van der Waals surface area contributed by atoms with E-state index in [1.165, 1.54) is 0 Å². The lowest BCUT2D eigenvalue weighted by atomic mass is 10.0. The molecule has 0 spiro atoms. The van der Waals surface area contributed by atoms with Gasteiger partial charge in [-0.05, 0) is 11.4 Å². The molecule has 0 unspecified atom stereocenters. The van der Waals surface area contributed by atoms with E-state index in [2.05, 4.69) is 25.4 Å². The number of rotatable bonds is 4. The summed E-state index contributed by atoms with van der Waals surface area (Å²) >= 11 is 1.62. The maximum Gasteiger partial charge on any atom is 0.317 e. The Hall–Kier alpha value is -2.81. The van der Waals surface area contributed by atoms with E-state index in [0.29, 0.717) is 37.0 Å². The quantitative estimate of drug-likeness (QED) is 0.778. The van der Waals surface area contributed by atoms with Gasteiger partial charge in [0.15, 0.2) is 0 Å². The number of carbonyl (C=O) groups is 1. The molecule has 4 rings (SSSR count). The van der Waals surface area contributed by atoms with Crippen molar-refractivity contribution in [3.63, 3.8) is 0 Å². The Morgan fingerprint density at radius 3 is 3.08 bits per heavy atom. The minimum Gasteiger partial charge on any atom is -0.338 e. The van der Waals surface area contributed by atoms with Crippen molar-refractivity contribution in [2.24, 2.45) is 0 Å². The van der Waals surface area contributed by atoms with Crippen LogP contribution in [0.3, 0.4) is 0 Å². The highest BCUT2D eigenvalue weighted by atomic mass is 32.1. The molecule has 0 atom stereocenters. The molecule has 3 aromatic rings. The fraction of sp³-hybridized carbons (Fsp3) is 0.267. The van der Waals surface area contributed by atoms with Gasteiger partial charge in [0, 0.05) is 30.4 Å². The van der Waals surface area contributed by atoms with E-state index in [9.17, 15) is 4.79 Å². The average Bonchev–Trinajstić information content (AvgIpc) is 3.24. The number of amides is 2. The Morgan fingerprint density at radius 2 is 2.33 bits per heavy atom. The van der Waals surface area contributed by atoms with Gasteiger partial charge in [-0.25, -0.2) is 9.78 Å². The summed E-state index contributed by atoms with van der Waals surface area (Å²) in [5.41, 5.74) is 0.567. The van der Waals surface area contributed by atoms with Crippen molar-refractivity contribution in [1.29, 1.82) is 0 Å². The predicted octanol–water partition coefficient (Wildman–Crippen LogP) is 1.90. The summed E-state index contributed by atoms with van der Waals surface area (Å²) in [7, 11) is 0. The second kappa shape index (κ2) is 6.36. The van der Waals surface area contributed by atoms with Crippen LogP contribution in [-0.4, -0.2) is 44.1 Å². The Labute approximate surface area is 141 Å². The van der Waals surface area contributed by atoms with Crippen LogP contribution in [0.2, 0.25) is 0 Å². The molecule has 122 valence electrons. The second-order valence-electron chi connectivity index (χ2n) is 5.39. The molecule has 24 heavy (non-hydrogen) atoms. The molecular formula is C15H14N6O2S. The smallest absolute Gasteiger partial charge is 0.317 e. The standard InChI is InChI=1S/C15H14N6O2S/c22-15(18-6-11-2-1-5-24-11)21-8-10(9-21)14-19-13(20-23-14)12-7-16-3-4-17-12/h1-5,7,10H,6,8-9H2,(H,18,22). The van der Waals surface area contributed by atoms with Crippen LogP contribution in [-0.2, 0) is 6.54 Å². The number of nitrogens with zero attached hydrogens (tertiary/aromatic N) is 5. The minimum atomic E-state index is -0.0756. The summed E-state index contributed by atoms with van der Waals surface area (Å²) in [6.45, 7) is 1.69. The van der Waals surface area contributed by atoms with E-state index in [0.717, 1.165) is 4.88 Å². The van der Waals surface area contributed by atoms with E-state index in [1.807, 2.05) is 17.5 Å². The van der Waals surface area contributed by atoms with Crippen LogP contribution in [0.25, 0.3) is 11.5 Å². The van der Waals surface area contributed by atoms with E-state index >= 15 is 0 Å². The number of thiophene rings is 1. The number of hydrogen-bond acceptors (Lipinski definition) is 7. The minimum absolute atomic E-state index is 0.0652. The lowest BCUT2D eigenvalue weighted by molar-refractivity contribution is 0.136. The van der Waals surface area contributed by atoms with Gasteiger partial charge in [-0.3, -0.25) is 4.98 Å². The van der Waals surface area contributed by atoms with Crippen LogP contribution < -0.4 is 5.32 Å². The summed E-state index contributed by atoms with van der Waals surface area (Å²) in [5.74, 6) is 1.01. The molecule has 1 aliphatic rings. The lowest BCUT2D eigenvalue weighted by Crippen LogP contribution is -2.52. The Morgan fingerprint density at radius 1 is 1.42 bits per heavy atom. The first kappa shape index (κ1) is 14.8. The molecule has 2 amide bonds. The third kappa shape index (κ3) is 2.98. The molecule has 0 aromatic carbocycles.